The number of carbonyl (C=O) groups is 3. The lowest BCUT2D eigenvalue weighted by Gasteiger charge is -2.17. The van der Waals surface area contributed by atoms with Crippen molar-refractivity contribution in [1.82, 2.24) is 4.90 Å². The van der Waals surface area contributed by atoms with Crippen molar-refractivity contribution in [3.8, 4) is 5.75 Å². The number of anilines is 1. The number of halogens is 1. The average Bonchev–Trinajstić information content (AvgIpc) is 3.20. The first kappa shape index (κ1) is 21.3. The van der Waals surface area contributed by atoms with Crippen molar-refractivity contribution in [2.45, 2.75) is 19.3 Å². The van der Waals surface area contributed by atoms with Crippen molar-refractivity contribution >= 4 is 23.5 Å². The highest BCUT2D eigenvalue weighted by molar-refractivity contribution is 5.94. The van der Waals surface area contributed by atoms with Gasteiger partial charge in [-0.2, -0.15) is 0 Å². The van der Waals surface area contributed by atoms with Gasteiger partial charge in [0, 0.05) is 12.7 Å². The molecule has 1 aliphatic rings. The van der Waals surface area contributed by atoms with E-state index in [-0.39, 0.29) is 13.2 Å². The van der Waals surface area contributed by atoms with Crippen LogP contribution in [0, 0.1) is 5.82 Å². The Morgan fingerprint density at radius 1 is 1.03 bits per heavy atom. The summed E-state index contributed by atoms with van der Waals surface area (Å²) in [5.74, 6) is -1.48. The lowest BCUT2D eigenvalue weighted by molar-refractivity contribution is -0.153. The van der Waals surface area contributed by atoms with E-state index in [0.29, 0.717) is 11.4 Å². The highest BCUT2D eigenvalue weighted by atomic mass is 19.1. The number of benzene rings is 2. The maximum Gasteiger partial charge on any atom is 0.344 e. The molecule has 0 radical (unpaired) electrons. The Morgan fingerprint density at radius 2 is 1.77 bits per heavy atom. The Balaban J connectivity index is 1.37. The minimum absolute atomic E-state index is 0.237. The van der Waals surface area contributed by atoms with Crippen LogP contribution in [0.25, 0.3) is 0 Å². The van der Waals surface area contributed by atoms with Gasteiger partial charge in [-0.05, 0) is 66.8 Å². The molecule has 2 aromatic carbocycles. The number of nitrogens with zero attached hydrogens (tertiary/aromatic N) is 1. The predicted octanol–water partition coefficient (Wildman–Crippen LogP) is 2.33. The summed E-state index contributed by atoms with van der Waals surface area (Å²) >= 11 is 0. The van der Waals surface area contributed by atoms with E-state index < -0.39 is 30.2 Å². The van der Waals surface area contributed by atoms with Crippen molar-refractivity contribution < 1.29 is 28.2 Å². The first-order chi connectivity index (χ1) is 14.4. The molecule has 8 heteroatoms. The van der Waals surface area contributed by atoms with Gasteiger partial charge in [-0.15, -0.1) is 0 Å². The molecule has 0 fully saturated rings. The maximum absolute atomic E-state index is 12.9. The molecule has 3 rings (SSSR count). The van der Waals surface area contributed by atoms with Crippen LogP contribution in [0.4, 0.5) is 10.1 Å². The molecule has 0 atom stereocenters. The number of amides is 2. The molecule has 0 bridgehead atoms. The summed E-state index contributed by atoms with van der Waals surface area (Å²) < 4.78 is 23.2. The van der Waals surface area contributed by atoms with Gasteiger partial charge in [0.05, 0.1) is 6.54 Å². The number of likely N-dealkylation sites (N-methyl/N-ethyl adjacent to an activating group) is 1. The summed E-state index contributed by atoms with van der Waals surface area (Å²) in [6.07, 6.45) is 3.19. The van der Waals surface area contributed by atoms with Gasteiger partial charge in [0.1, 0.15) is 11.6 Å². The normalized spacial score (nSPS) is 12.1. The maximum atomic E-state index is 12.9. The van der Waals surface area contributed by atoms with Crippen molar-refractivity contribution in [3.05, 3.63) is 59.4 Å². The number of rotatable bonds is 8. The van der Waals surface area contributed by atoms with Gasteiger partial charge >= 0.3 is 5.97 Å². The minimum Gasteiger partial charge on any atom is -0.482 e. The summed E-state index contributed by atoms with van der Waals surface area (Å²) in [5.41, 5.74) is 2.95. The number of ether oxygens (including phenoxy) is 2. The van der Waals surface area contributed by atoms with Crippen LogP contribution in [-0.2, 0) is 32.0 Å². The van der Waals surface area contributed by atoms with Crippen LogP contribution in [-0.4, -0.2) is 49.5 Å². The second kappa shape index (κ2) is 9.87. The molecule has 2 amide bonds. The second-order valence-corrected chi connectivity index (χ2v) is 7.04. The zero-order chi connectivity index (χ0) is 21.5. The number of aryl methyl sites for hydroxylation is 2. The standard InChI is InChI=1S/C22H23FN2O5/c1-25(12-20(26)24-18-8-6-17(23)7-9-18)21(27)13-30-22(28)14-29-19-10-5-15-3-2-4-16(15)11-19/h5-11H,2-4,12-14H2,1H3,(H,24,26). The van der Waals surface area contributed by atoms with Gasteiger partial charge in [-0.3, -0.25) is 9.59 Å². The first-order valence-electron chi connectivity index (χ1n) is 9.60. The number of hydrogen-bond donors (Lipinski definition) is 1. The third-order valence-electron chi connectivity index (χ3n) is 4.72. The molecule has 0 unspecified atom stereocenters. The van der Waals surface area contributed by atoms with Crippen molar-refractivity contribution in [3.63, 3.8) is 0 Å². The van der Waals surface area contributed by atoms with E-state index in [0.717, 1.165) is 24.2 Å². The lowest BCUT2D eigenvalue weighted by atomic mass is 10.1. The van der Waals surface area contributed by atoms with E-state index in [1.165, 1.54) is 42.4 Å². The fraction of sp³-hybridized carbons (Fsp3) is 0.318. The van der Waals surface area contributed by atoms with E-state index in [1.54, 1.807) is 0 Å². The van der Waals surface area contributed by atoms with Crippen LogP contribution in [0.5, 0.6) is 5.75 Å². The van der Waals surface area contributed by atoms with Gasteiger partial charge in [0.2, 0.25) is 5.91 Å². The van der Waals surface area contributed by atoms with Gasteiger partial charge in [0.25, 0.3) is 5.91 Å². The summed E-state index contributed by atoms with van der Waals surface area (Å²) in [6.45, 7) is -1.03. The molecule has 0 aliphatic heterocycles. The molecule has 0 saturated heterocycles. The van der Waals surface area contributed by atoms with Crippen molar-refractivity contribution in [2.24, 2.45) is 0 Å². The van der Waals surface area contributed by atoms with Gasteiger partial charge in [-0.1, -0.05) is 6.07 Å². The fourth-order valence-electron chi connectivity index (χ4n) is 3.11. The number of nitrogens with one attached hydrogen (secondary N) is 1. The van der Waals surface area contributed by atoms with E-state index in [2.05, 4.69) is 5.32 Å². The minimum atomic E-state index is -0.673. The number of esters is 1. The summed E-state index contributed by atoms with van der Waals surface area (Å²) in [6, 6.07) is 11.0. The Morgan fingerprint density at radius 3 is 2.53 bits per heavy atom. The molecule has 1 aliphatic carbocycles. The third kappa shape index (κ3) is 6.04. The predicted molar refractivity (Wildman–Crippen MR) is 108 cm³/mol. The van der Waals surface area contributed by atoms with Crippen LogP contribution >= 0.6 is 0 Å². The van der Waals surface area contributed by atoms with Crippen LogP contribution in [0.2, 0.25) is 0 Å². The number of carbonyl (C=O) groups excluding carboxylic acids is 3. The monoisotopic (exact) mass is 414 g/mol. The fourth-order valence-corrected chi connectivity index (χ4v) is 3.11. The van der Waals surface area contributed by atoms with Crippen LogP contribution in [0.15, 0.2) is 42.5 Å². The van der Waals surface area contributed by atoms with Gasteiger partial charge in [-0.25, -0.2) is 9.18 Å². The number of fused-ring (bicyclic) bond motifs is 1. The zero-order valence-electron chi connectivity index (χ0n) is 16.7. The SMILES string of the molecule is CN(CC(=O)Nc1ccc(F)cc1)C(=O)COC(=O)COc1ccc2c(c1)CCC2. The average molecular weight is 414 g/mol. The van der Waals surface area contributed by atoms with Crippen LogP contribution in [0.1, 0.15) is 17.5 Å². The van der Waals surface area contributed by atoms with E-state index >= 15 is 0 Å². The molecule has 2 aromatic rings. The van der Waals surface area contributed by atoms with Gasteiger partial charge < -0.3 is 19.7 Å². The van der Waals surface area contributed by atoms with E-state index in [4.69, 9.17) is 9.47 Å². The highest BCUT2D eigenvalue weighted by Crippen LogP contribution is 2.25. The Bertz CT molecular complexity index is 930. The number of hydrogen-bond acceptors (Lipinski definition) is 5. The quantitative estimate of drug-likeness (QED) is 0.671. The summed E-state index contributed by atoms with van der Waals surface area (Å²) in [5, 5.41) is 2.55. The van der Waals surface area contributed by atoms with Crippen LogP contribution in [0.3, 0.4) is 0 Å². The Kier molecular flexibility index (Phi) is 7.00. The van der Waals surface area contributed by atoms with E-state index in [9.17, 15) is 18.8 Å². The van der Waals surface area contributed by atoms with Gasteiger partial charge in [0.15, 0.2) is 13.2 Å². The smallest absolute Gasteiger partial charge is 0.344 e. The van der Waals surface area contributed by atoms with E-state index in [1.807, 2.05) is 18.2 Å². The zero-order valence-corrected chi connectivity index (χ0v) is 16.7. The first-order valence-corrected chi connectivity index (χ1v) is 9.60. The second-order valence-electron chi connectivity index (χ2n) is 7.04. The highest BCUT2D eigenvalue weighted by Gasteiger charge is 2.16. The largest absolute Gasteiger partial charge is 0.482 e. The molecule has 158 valence electrons. The Labute approximate surface area is 173 Å². The van der Waals surface area contributed by atoms with Crippen molar-refractivity contribution in [2.75, 3.05) is 32.1 Å². The molecular weight excluding hydrogens is 391 g/mol. The lowest BCUT2D eigenvalue weighted by Crippen LogP contribution is -2.37. The summed E-state index contributed by atoms with van der Waals surface area (Å²) in [4.78, 5) is 37.0. The topological polar surface area (TPSA) is 84.9 Å². The molecule has 0 spiro atoms. The molecule has 7 nitrogen and oxygen atoms in total. The molecular formula is C22H23FN2O5. The summed E-state index contributed by atoms with van der Waals surface area (Å²) in [7, 11) is 1.42. The van der Waals surface area contributed by atoms with Crippen molar-refractivity contribution in [1.29, 1.82) is 0 Å². The molecule has 0 saturated carbocycles. The van der Waals surface area contributed by atoms with Crippen LogP contribution < -0.4 is 10.1 Å². The molecule has 1 N–H and O–H groups in total. The molecule has 0 aromatic heterocycles. The molecule has 0 heterocycles. The third-order valence-corrected chi connectivity index (χ3v) is 4.72. The molecule has 30 heavy (non-hydrogen) atoms. The Hall–Kier alpha value is -3.42.